The Morgan fingerprint density at radius 3 is 3.12 bits per heavy atom. The molecule has 2 rings (SSSR count). The summed E-state index contributed by atoms with van der Waals surface area (Å²) in [4.78, 5) is 2.48. The number of fused-ring (bicyclic) bond motifs is 1. The van der Waals surface area contributed by atoms with Crippen LogP contribution < -0.4 is 0 Å². The maximum absolute atomic E-state index is 4.28. The first-order valence-electron chi connectivity index (χ1n) is 6.64. The van der Waals surface area contributed by atoms with Crippen LogP contribution in [0.2, 0.25) is 0 Å². The van der Waals surface area contributed by atoms with E-state index in [4.69, 9.17) is 0 Å². The van der Waals surface area contributed by atoms with Gasteiger partial charge in [0.25, 0.3) is 0 Å². The van der Waals surface area contributed by atoms with Crippen molar-refractivity contribution in [1.29, 1.82) is 0 Å². The monoisotopic (exact) mass is 217 g/mol. The van der Waals surface area contributed by atoms with Crippen LogP contribution >= 0.6 is 0 Å². The fraction of sp³-hybridized carbons (Fsp3) is 0.600. The molecule has 0 bridgehead atoms. The van der Waals surface area contributed by atoms with Gasteiger partial charge >= 0.3 is 0 Å². The summed E-state index contributed by atoms with van der Waals surface area (Å²) in [6.45, 7) is 8.94. The summed E-state index contributed by atoms with van der Waals surface area (Å²) in [5, 5.41) is 0. The molecule has 1 fully saturated rings. The van der Waals surface area contributed by atoms with Crippen molar-refractivity contribution in [1.82, 2.24) is 4.90 Å². The van der Waals surface area contributed by atoms with E-state index in [1.807, 2.05) is 0 Å². The Labute approximate surface area is 99.5 Å². The van der Waals surface area contributed by atoms with Crippen molar-refractivity contribution in [2.45, 2.75) is 39.0 Å². The molecule has 16 heavy (non-hydrogen) atoms. The number of hydrogen-bond acceptors (Lipinski definition) is 1. The van der Waals surface area contributed by atoms with E-state index in [0.717, 1.165) is 5.92 Å². The molecule has 0 aromatic heterocycles. The molecule has 88 valence electrons. The van der Waals surface area contributed by atoms with Crippen molar-refractivity contribution >= 4 is 0 Å². The number of rotatable bonds is 4. The molecule has 0 aromatic rings. The van der Waals surface area contributed by atoms with E-state index in [2.05, 4.69) is 36.6 Å². The Morgan fingerprint density at radius 2 is 2.31 bits per heavy atom. The van der Waals surface area contributed by atoms with Crippen LogP contribution in [0.15, 0.2) is 36.1 Å². The highest BCUT2D eigenvalue weighted by molar-refractivity contribution is 5.37. The van der Waals surface area contributed by atoms with Gasteiger partial charge in [0.15, 0.2) is 0 Å². The molecule has 1 nitrogen and oxygen atoms in total. The third-order valence-corrected chi connectivity index (χ3v) is 3.77. The Kier molecular flexibility index (Phi) is 3.87. The molecule has 0 radical (unpaired) electrons. The molecular weight excluding hydrogens is 194 g/mol. The first-order chi connectivity index (χ1) is 7.83. The van der Waals surface area contributed by atoms with Gasteiger partial charge in [0.05, 0.1) is 0 Å². The van der Waals surface area contributed by atoms with Crippen molar-refractivity contribution in [3.05, 3.63) is 36.1 Å². The van der Waals surface area contributed by atoms with Gasteiger partial charge in [-0.25, -0.2) is 0 Å². The molecule has 1 atom stereocenters. The Hall–Kier alpha value is -0.980. The van der Waals surface area contributed by atoms with Gasteiger partial charge < -0.3 is 4.90 Å². The van der Waals surface area contributed by atoms with Crippen LogP contribution in [0.5, 0.6) is 0 Å². The summed E-state index contributed by atoms with van der Waals surface area (Å²) in [6.07, 6.45) is 13.2. The lowest BCUT2D eigenvalue weighted by Crippen LogP contribution is -2.34. The van der Waals surface area contributed by atoms with E-state index in [1.54, 1.807) is 0 Å². The summed E-state index contributed by atoms with van der Waals surface area (Å²) >= 11 is 0. The van der Waals surface area contributed by atoms with Gasteiger partial charge in [-0.2, -0.15) is 0 Å². The van der Waals surface area contributed by atoms with Crippen LogP contribution in [0, 0.1) is 5.92 Å². The smallest absolute Gasteiger partial charge is 0.0328 e. The molecule has 0 N–H and O–H groups in total. The minimum absolute atomic E-state index is 0.750. The summed E-state index contributed by atoms with van der Waals surface area (Å²) in [5.74, 6) is 0.750. The molecule has 1 saturated heterocycles. The number of likely N-dealkylation sites (tertiary alicyclic amines) is 1. The first-order valence-corrected chi connectivity index (χ1v) is 6.64. The van der Waals surface area contributed by atoms with Crippen molar-refractivity contribution in [3.8, 4) is 0 Å². The normalized spacial score (nSPS) is 24.3. The maximum atomic E-state index is 4.28. The van der Waals surface area contributed by atoms with E-state index in [0.29, 0.717) is 0 Å². The molecule has 0 saturated carbocycles. The summed E-state index contributed by atoms with van der Waals surface area (Å²) < 4.78 is 0. The molecule has 1 heteroatoms. The number of nitrogens with zero attached hydrogens (tertiary/aromatic N) is 1. The molecule has 1 heterocycles. The summed E-state index contributed by atoms with van der Waals surface area (Å²) in [7, 11) is 0. The highest BCUT2D eigenvalue weighted by Gasteiger charge is 2.26. The zero-order valence-corrected chi connectivity index (χ0v) is 10.4. The molecule has 0 aromatic carbocycles. The highest BCUT2D eigenvalue weighted by Crippen LogP contribution is 2.35. The summed E-state index contributed by atoms with van der Waals surface area (Å²) in [6, 6.07) is 0. The van der Waals surface area contributed by atoms with E-state index in [9.17, 15) is 0 Å². The van der Waals surface area contributed by atoms with Gasteiger partial charge in [0, 0.05) is 18.8 Å². The lowest BCUT2D eigenvalue weighted by Gasteiger charge is -2.38. The van der Waals surface area contributed by atoms with Gasteiger partial charge in [0.2, 0.25) is 0 Å². The molecule has 1 aliphatic carbocycles. The fourth-order valence-corrected chi connectivity index (χ4v) is 2.71. The van der Waals surface area contributed by atoms with E-state index in [-0.39, 0.29) is 0 Å². The topological polar surface area (TPSA) is 3.24 Å². The predicted molar refractivity (Wildman–Crippen MR) is 70.2 cm³/mol. The predicted octanol–water partition coefficient (Wildman–Crippen LogP) is 3.90. The SMILES string of the molecule is C=C1C2=CC=CCC2CCN1CCCCC. The number of allylic oxidation sites excluding steroid dienone is 4. The van der Waals surface area contributed by atoms with Gasteiger partial charge in [0.1, 0.15) is 0 Å². The van der Waals surface area contributed by atoms with E-state index >= 15 is 0 Å². The fourth-order valence-electron chi connectivity index (χ4n) is 2.71. The van der Waals surface area contributed by atoms with Gasteiger partial charge in [-0.3, -0.25) is 0 Å². The third-order valence-electron chi connectivity index (χ3n) is 3.77. The van der Waals surface area contributed by atoms with Crippen LogP contribution in [0.3, 0.4) is 0 Å². The third kappa shape index (κ3) is 2.40. The van der Waals surface area contributed by atoms with Crippen LogP contribution in [0.4, 0.5) is 0 Å². The number of piperidine rings is 1. The number of hydrogen-bond donors (Lipinski definition) is 0. The van der Waals surface area contributed by atoms with Crippen LogP contribution in [-0.4, -0.2) is 18.0 Å². The standard InChI is InChI=1S/C15H23N/c1-3-4-7-11-16-12-10-14-8-5-6-9-15(14)13(16)2/h5-6,9,14H,2-4,7-8,10-12H2,1H3. The minimum atomic E-state index is 0.750. The average molecular weight is 217 g/mol. The first kappa shape index (κ1) is 11.5. The lowest BCUT2D eigenvalue weighted by atomic mass is 9.83. The molecular formula is C15H23N. The van der Waals surface area contributed by atoms with E-state index in [1.165, 1.54) is 56.5 Å². The van der Waals surface area contributed by atoms with Crippen molar-refractivity contribution in [2.75, 3.05) is 13.1 Å². The quantitative estimate of drug-likeness (QED) is 0.646. The Balaban J connectivity index is 1.95. The van der Waals surface area contributed by atoms with Gasteiger partial charge in [-0.05, 0) is 30.8 Å². The average Bonchev–Trinajstić information content (AvgIpc) is 2.33. The molecule has 1 unspecified atom stereocenters. The zero-order valence-electron chi connectivity index (χ0n) is 10.4. The van der Waals surface area contributed by atoms with Crippen molar-refractivity contribution in [2.24, 2.45) is 5.92 Å². The Bertz CT molecular complexity index is 311. The minimum Gasteiger partial charge on any atom is -0.372 e. The van der Waals surface area contributed by atoms with Crippen molar-refractivity contribution in [3.63, 3.8) is 0 Å². The van der Waals surface area contributed by atoms with Gasteiger partial charge in [-0.1, -0.05) is 44.6 Å². The second kappa shape index (κ2) is 5.38. The largest absolute Gasteiger partial charge is 0.372 e. The van der Waals surface area contributed by atoms with Gasteiger partial charge in [-0.15, -0.1) is 0 Å². The second-order valence-electron chi connectivity index (χ2n) is 4.91. The van der Waals surface area contributed by atoms with Crippen LogP contribution in [-0.2, 0) is 0 Å². The molecule has 0 amide bonds. The lowest BCUT2D eigenvalue weighted by molar-refractivity contribution is 0.280. The van der Waals surface area contributed by atoms with Crippen LogP contribution in [0.25, 0.3) is 0 Å². The van der Waals surface area contributed by atoms with Crippen LogP contribution in [0.1, 0.15) is 39.0 Å². The zero-order chi connectivity index (χ0) is 11.4. The molecule has 2 aliphatic rings. The van der Waals surface area contributed by atoms with E-state index < -0.39 is 0 Å². The Morgan fingerprint density at radius 1 is 1.44 bits per heavy atom. The second-order valence-corrected chi connectivity index (χ2v) is 4.91. The molecule has 0 spiro atoms. The molecule has 1 aliphatic heterocycles. The highest BCUT2D eigenvalue weighted by atomic mass is 15.1. The maximum Gasteiger partial charge on any atom is 0.0328 e. The van der Waals surface area contributed by atoms with Crippen molar-refractivity contribution < 1.29 is 0 Å². The summed E-state index contributed by atoms with van der Waals surface area (Å²) in [5.41, 5.74) is 2.78. The number of unbranched alkanes of at least 4 members (excludes halogenated alkanes) is 2.